The van der Waals surface area contributed by atoms with Crippen LogP contribution in [0.4, 0.5) is 10.1 Å². The Morgan fingerprint density at radius 1 is 1.05 bits per heavy atom. The Bertz CT molecular complexity index is 2120. The van der Waals surface area contributed by atoms with Crippen LogP contribution in [0, 0.1) is 12.7 Å². The number of nitrogens with one attached hydrogen (secondary N) is 1. The Morgan fingerprint density at radius 2 is 1.81 bits per heavy atom. The number of amides is 1. The lowest BCUT2D eigenvalue weighted by Crippen LogP contribution is -2.25. The number of rotatable bonds is 6. The van der Waals surface area contributed by atoms with E-state index >= 15 is 0 Å². The van der Waals surface area contributed by atoms with Crippen molar-refractivity contribution in [1.29, 1.82) is 0 Å². The van der Waals surface area contributed by atoms with Crippen molar-refractivity contribution in [2.45, 2.75) is 6.92 Å². The summed E-state index contributed by atoms with van der Waals surface area (Å²) in [4.78, 5) is 13.2. The molecule has 0 spiro atoms. The van der Waals surface area contributed by atoms with Crippen molar-refractivity contribution >= 4 is 43.5 Å². The lowest BCUT2D eigenvalue weighted by molar-refractivity contribution is 0.0964. The van der Waals surface area contributed by atoms with Crippen molar-refractivity contribution in [2.75, 3.05) is 24.7 Å². The molecule has 10 nitrogen and oxygen atoms in total. The minimum Gasteiger partial charge on any atom is -0.455 e. The Labute approximate surface area is 240 Å². The summed E-state index contributed by atoms with van der Waals surface area (Å²) in [5, 5.41) is 16.2. The number of sulfonamides is 1. The van der Waals surface area contributed by atoms with Gasteiger partial charge in [-0.2, -0.15) is 10.2 Å². The third-order valence-corrected chi connectivity index (χ3v) is 8.29. The van der Waals surface area contributed by atoms with Gasteiger partial charge in [-0.1, -0.05) is 35.9 Å². The Hall–Kier alpha value is -5.10. The van der Waals surface area contributed by atoms with Crippen molar-refractivity contribution in [2.24, 2.45) is 0 Å². The first-order valence-corrected chi connectivity index (χ1v) is 14.7. The molecule has 0 unspecified atom stereocenters. The van der Waals surface area contributed by atoms with Crippen molar-refractivity contribution in [3.8, 4) is 28.3 Å². The second kappa shape index (κ2) is 10.1. The molecular weight excluding hydrogens is 559 g/mol. The van der Waals surface area contributed by atoms with E-state index in [2.05, 4.69) is 20.6 Å². The minimum absolute atomic E-state index is 0.287. The van der Waals surface area contributed by atoms with Crippen LogP contribution in [0.25, 0.3) is 50.1 Å². The molecule has 3 aromatic carbocycles. The maximum Gasteiger partial charge on any atom is 0.255 e. The van der Waals surface area contributed by atoms with Gasteiger partial charge >= 0.3 is 0 Å². The largest absolute Gasteiger partial charge is 0.455 e. The van der Waals surface area contributed by atoms with Crippen LogP contribution in [-0.4, -0.2) is 54.7 Å². The summed E-state index contributed by atoms with van der Waals surface area (Å²) >= 11 is 0. The standard InChI is InChI=1S/C30H25FN6O4S/c1-17-8-10-18(11-9-17)29-28(30(38)32-2)21-13-20(25(14-26(21)41-29)36(3)42(4,39)40)19-12-27(34-33-15-19)37-16-22-23(31)6-5-7-24(22)35-37/h5-16H,1-4H3,(H,32,38). The molecule has 0 aliphatic heterocycles. The van der Waals surface area contributed by atoms with Crippen LogP contribution in [0.3, 0.4) is 0 Å². The van der Waals surface area contributed by atoms with Gasteiger partial charge in [0.1, 0.15) is 17.2 Å². The third kappa shape index (κ3) is 4.65. The van der Waals surface area contributed by atoms with E-state index in [4.69, 9.17) is 4.42 Å². The predicted molar refractivity (Wildman–Crippen MR) is 159 cm³/mol. The molecule has 3 heterocycles. The Kier molecular flexibility index (Phi) is 6.49. The van der Waals surface area contributed by atoms with E-state index in [1.165, 1.54) is 37.2 Å². The highest BCUT2D eigenvalue weighted by Gasteiger charge is 2.26. The van der Waals surface area contributed by atoms with Gasteiger partial charge in [-0.15, -0.1) is 5.10 Å². The van der Waals surface area contributed by atoms with E-state index in [0.29, 0.717) is 55.6 Å². The van der Waals surface area contributed by atoms with Gasteiger partial charge < -0.3 is 9.73 Å². The quantitative estimate of drug-likeness (QED) is 0.289. The monoisotopic (exact) mass is 584 g/mol. The number of fused-ring (bicyclic) bond motifs is 2. The number of furan rings is 1. The summed E-state index contributed by atoms with van der Waals surface area (Å²) in [7, 11) is -0.740. The van der Waals surface area contributed by atoms with Crippen LogP contribution in [0.5, 0.6) is 0 Å². The van der Waals surface area contributed by atoms with Crippen molar-refractivity contribution in [3.63, 3.8) is 0 Å². The SMILES string of the molecule is CNC(=O)c1c(-c2ccc(C)cc2)oc2cc(N(C)S(C)(=O)=O)c(-c3cnnc(-n4cc5c(F)cccc5n4)c3)cc12. The smallest absolute Gasteiger partial charge is 0.255 e. The normalized spacial score (nSPS) is 11.7. The van der Waals surface area contributed by atoms with Crippen LogP contribution in [0.15, 0.2) is 77.5 Å². The molecule has 12 heteroatoms. The number of nitrogens with zero attached hydrogens (tertiary/aromatic N) is 5. The number of carbonyl (C=O) groups excluding carboxylic acids is 1. The van der Waals surface area contributed by atoms with E-state index in [-0.39, 0.29) is 11.7 Å². The summed E-state index contributed by atoms with van der Waals surface area (Å²) in [6, 6.07) is 17.1. The van der Waals surface area contributed by atoms with Gasteiger partial charge in [0.25, 0.3) is 5.91 Å². The highest BCUT2D eigenvalue weighted by Crippen LogP contribution is 2.41. The average Bonchev–Trinajstić information content (AvgIpc) is 3.58. The van der Waals surface area contributed by atoms with Gasteiger partial charge in [-0.25, -0.2) is 17.5 Å². The molecule has 0 radical (unpaired) electrons. The second-order valence-corrected chi connectivity index (χ2v) is 11.9. The van der Waals surface area contributed by atoms with E-state index in [1.54, 1.807) is 30.3 Å². The number of halogens is 1. The van der Waals surface area contributed by atoms with Gasteiger partial charge in [-0.05, 0) is 31.2 Å². The lowest BCUT2D eigenvalue weighted by atomic mass is 9.99. The number of aromatic nitrogens is 4. The molecule has 1 N–H and O–H groups in total. The van der Waals surface area contributed by atoms with Gasteiger partial charge in [0.2, 0.25) is 10.0 Å². The van der Waals surface area contributed by atoms with Gasteiger partial charge in [0.05, 0.1) is 34.6 Å². The highest BCUT2D eigenvalue weighted by atomic mass is 32.2. The second-order valence-electron chi connectivity index (χ2n) is 9.90. The van der Waals surface area contributed by atoms with Crippen molar-refractivity contribution < 1.29 is 22.0 Å². The topological polar surface area (TPSA) is 123 Å². The van der Waals surface area contributed by atoms with Crippen LogP contribution in [0.1, 0.15) is 15.9 Å². The number of aryl methyl sites for hydroxylation is 1. The Balaban J connectivity index is 1.60. The maximum atomic E-state index is 14.3. The van der Waals surface area contributed by atoms with Gasteiger partial charge in [0, 0.05) is 48.4 Å². The molecule has 6 rings (SSSR count). The first kappa shape index (κ1) is 27.1. The fraction of sp³-hybridized carbons (Fsp3) is 0.133. The zero-order chi connectivity index (χ0) is 29.8. The highest BCUT2D eigenvalue weighted by molar-refractivity contribution is 7.92. The first-order valence-electron chi connectivity index (χ1n) is 12.9. The molecular formula is C30H25FN6O4S. The molecule has 0 atom stereocenters. The summed E-state index contributed by atoms with van der Waals surface area (Å²) in [6.45, 7) is 1.96. The summed E-state index contributed by atoms with van der Waals surface area (Å²) in [6.07, 6.45) is 4.09. The number of carbonyl (C=O) groups is 1. The van der Waals surface area contributed by atoms with Gasteiger partial charge in [-0.3, -0.25) is 9.10 Å². The van der Waals surface area contributed by atoms with E-state index < -0.39 is 15.8 Å². The van der Waals surface area contributed by atoms with Crippen LogP contribution < -0.4 is 9.62 Å². The third-order valence-electron chi connectivity index (χ3n) is 7.10. The molecule has 0 aliphatic carbocycles. The molecule has 0 fully saturated rings. The first-order chi connectivity index (χ1) is 20.0. The lowest BCUT2D eigenvalue weighted by Gasteiger charge is -2.20. The molecule has 0 saturated carbocycles. The molecule has 3 aromatic heterocycles. The molecule has 6 aromatic rings. The summed E-state index contributed by atoms with van der Waals surface area (Å²) in [5.74, 6) is -0.141. The van der Waals surface area contributed by atoms with Crippen LogP contribution >= 0.6 is 0 Å². The molecule has 0 bridgehead atoms. The van der Waals surface area contributed by atoms with Crippen LogP contribution in [0.2, 0.25) is 0 Å². The fourth-order valence-electron chi connectivity index (χ4n) is 4.80. The predicted octanol–water partition coefficient (Wildman–Crippen LogP) is 5.10. The van der Waals surface area contributed by atoms with Crippen LogP contribution in [-0.2, 0) is 10.0 Å². The van der Waals surface area contributed by atoms with Gasteiger partial charge in [0.15, 0.2) is 5.82 Å². The molecule has 42 heavy (non-hydrogen) atoms. The number of benzene rings is 3. The van der Waals surface area contributed by atoms with Crippen molar-refractivity contribution in [1.82, 2.24) is 25.3 Å². The molecule has 0 aliphatic rings. The van der Waals surface area contributed by atoms with E-state index in [0.717, 1.165) is 16.1 Å². The number of anilines is 1. The molecule has 212 valence electrons. The number of hydrogen-bond acceptors (Lipinski definition) is 7. The van der Waals surface area contributed by atoms with E-state index in [9.17, 15) is 17.6 Å². The minimum atomic E-state index is -3.70. The fourth-order valence-corrected chi connectivity index (χ4v) is 5.31. The zero-order valence-electron chi connectivity index (χ0n) is 23.1. The molecule has 1 amide bonds. The summed E-state index contributed by atoms with van der Waals surface area (Å²) in [5.41, 5.74) is 4.07. The Morgan fingerprint density at radius 3 is 2.50 bits per heavy atom. The molecule has 0 saturated heterocycles. The maximum absolute atomic E-state index is 14.3. The average molecular weight is 585 g/mol. The number of hydrogen-bond donors (Lipinski definition) is 1. The van der Waals surface area contributed by atoms with E-state index in [1.807, 2.05) is 31.2 Å². The van der Waals surface area contributed by atoms with Crippen molar-refractivity contribution in [3.05, 3.63) is 90.0 Å². The zero-order valence-corrected chi connectivity index (χ0v) is 23.9. The summed E-state index contributed by atoms with van der Waals surface area (Å²) < 4.78 is 48.5.